The molecule has 24 heavy (non-hydrogen) atoms. The summed E-state index contributed by atoms with van der Waals surface area (Å²) >= 11 is 0. The van der Waals surface area contributed by atoms with Crippen LogP contribution in [0.3, 0.4) is 0 Å². The van der Waals surface area contributed by atoms with Crippen LogP contribution >= 0.6 is 0 Å². The molecule has 0 aromatic heterocycles. The van der Waals surface area contributed by atoms with Crippen LogP contribution < -0.4 is 16.0 Å². The topological polar surface area (TPSA) is 70.2 Å². The van der Waals surface area contributed by atoms with Crippen LogP contribution in [0.25, 0.3) is 0 Å². The highest BCUT2D eigenvalue weighted by molar-refractivity contribution is 6.05. The Morgan fingerprint density at radius 2 is 1.75 bits per heavy atom. The number of carbonyl (C=O) groups is 2. The first kappa shape index (κ1) is 17.7. The van der Waals surface area contributed by atoms with Crippen LogP contribution in [0.2, 0.25) is 0 Å². The van der Waals surface area contributed by atoms with E-state index >= 15 is 0 Å². The number of amides is 2. The van der Waals surface area contributed by atoms with Crippen LogP contribution in [0, 0.1) is 0 Å². The predicted molar refractivity (Wildman–Crippen MR) is 97.1 cm³/mol. The smallest absolute Gasteiger partial charge is 0.255 e. The molecule has 5 nitrogen and oxygen atoms in total. The molecule has 0 unspecified atom stereocenters. The minimum absolute atomic E-state index is 0.0801. The Morgan fingerprint density at radius 3 is 2.50 bits per heavy atom. The van der Waals surface area contributed by atoms with E-state index in [0.717, 1.165) is 17.8 Å². The summed E-state index contributed by atoms with van der Waals surface area (Å²) in [5.74, 6) is -0.282. The van der Waals surface area contributed by atoms with Crippen LogP contribution in [0.5, 0.6) is 0 Å². The SMILES string of the molecule is CCNCc1ccccc1NC(=O)c1cccc(NC(=O)CC)c1. The van der Waals surface area contributed by atoms with E-state index in [0.29, 0.717) is 24.2 Å². The molecule has 2 aromatic carbocycles. The van der Waals surface area contributed by atoms with Gasteiger partial charge in [0.1, 0.15) is 0 Å². The van der Waals surface area contributed by atoms with Gasteiger partial charge >= 0.3 is 0 Å². The fourth-order valence-corrected chi connectivity index (χ4v) is 2.24. The van der Waals surface area contributed by atoms with Crippen LogP contribution in [-0.2, 0) is 11.3 Å². The molecule has 2 amide bonds. The third-order valence-corrected chi connectivity index (χ3v) is 3.56. The number of hydrogen-bond donors (Lipinski definition) is 3. The Hall–Kier alpha value is -2.66. The van der Waals surface area contributed by atoms with Crippen molar-refractivity contribution in [3.8, 4) is 0 Å². The van der Waals surface area contributed by atoms with Crippen molar-refractivity contribution in [3.05, 3.63) is 59.7 Å². The number of benzene rings is 2. The van der Waals surface area contributed by atoms with Crippen molar-refractivity contribution in [3.63, 3.8) is 0 Å². The molecule has 0 fully saturated rings. The van der Waals surface area contributed by atoms with Gasteiger partial charge in [-0.1, -0.05) is 38.1 Å². The molecule has 0 atom stereocenters. The molecule has 0 aliphatic carbocycles. The Labute approximate surface area is 142 Å². The molecule has 2 rings (SSSR count). The molecule has 2 aromatic rings. The minimum atomic E-state index is -0.202. The normalized spacial score (nSPS) is 10.2. The van der Waals surface area contributed by atoms with E-state index < -0.39 is 0 Å². The minimum Gasteiger partial charge on any atom is -0.326 e. The van der Waals surface area contributed by atoms with Crippen molar-refractivity contribution in [1.29, 1.82) is 0 Å². The summed E-state index contributed by atoms with van der Waals surface area (Å²) in [5.41, 5.74) is 2.94. The Kier molecular flexibility index (Phi) is 6.51. The van der Waals surface area contributed by atoms with Gasteiger partial charge in [-0.15, -0.1) is 0 Å². The van der Waals surface area contributed by atoms with Crippen molar-refractivity contribution in [2.24, 2.45) is 0 Å². The molecule has 0 saturated carbocycles. The molecule has 126 valence electrons. The van der Waals surface area contributed by atoms with Crippen LogP contribution in [-0.4, -0.2) is 18.4 Å². The molecular formula is C19H23N3O2. The second-order valence-electron chi connectivity index (χ2n) is 5.37. The largest absolute Gasteiger partial charge is 0.326 e. The summed E-state index contributed by atoms with van der Waals surface area (Å²) in [6.45, 7) is 5.38. The number of nitrogens with one attached hydrogen (secondary N) is 3. The van der Waals surface area contributed by atoms with Gasteiger partial charge in [0.25, 0.3) is 5.91 Å². The first-order valence-electron chi connectivity index (χ1n) is 8.14. The number of anilines is 2. The monoisotopic (exact) mass is 325 g/mol. The molecule has 0 aliphatic rings. The van der Waals surface area contributed by atoms with Gasteiger partial charge in [0, 0.05) is 29.9 Å². The average molecular weight is 325 g/mol. The van der Waals surface area contributed by atoms with E-state index in [9.17, 15) is 9.59 Å². The summed E-state index contributed by atoms with van der Waals surface area (Å²) in [6, 6.07) is 14.6. The van der Waals surface area contributed by atoms with E-state index in [2.05, 4.69) is 16.0 Å². The van der Waals surface area contributed by atoms with Gasteiger partial charge in [-0.3, -0.25) is 9.59 Å². The summed E-state index contributed by atoms with van der Waals surface area (Å²) in [4.78, 5) is 24.0. The lowest BCUT2D eigenvalue weighted by molar-refractivity contribution is -0.115. The van der Waals surface area contributed by atoms with Gasteiger partial charge in [-0.2, -0.15) is 0 Å². The Balaban J connectivity index is 2.13. The number of hydrogen-bond acceptors (Lipinski definition) is 3. The van der Waals surface area contributed by atoms with Gasteiger partial charge in [0.05, 0.1) is 0 Å². The number of rotatable bonds is 7. The molecule has 3 N–H and O–H groups in total. The van der Waals surface area contributed by atoms with Gasteiger partial charge in [-0.05, 0) is 36.4 Å². The molecule has 0 radical (unpaired) electrons. The van der Waals surface area contributed by atoms with Gasteiger partial charge in [-0.25, -0.2) is 0 Å². The summed E-state index contributed by atoms with van der Waals surface area (Å²) in [5, 5.41) is 8.96. The van der Waals surface area contributed by atoms with Gasteiger partial charge in [0.15, 0.2) is 0 Å². The molecule has 0 spiro atoms. The zero-order chi connectivity index (χ0) is 17.4. The van der Waals surface area contributed by atoms with Crippen molar-refractivity contribution in [1.82, 2.24) is 5.32 Å². The molecule has 0 aliphatic heterocycles. The Morgan fingerprint density at radius 1 is 0.958 bits per heavy atom. The van der Waals surface area contributed by atoms with E-state index in [1.54, 1.807) is 31.2 Å². The fourth-order valence-electron chi connectivity index (χ4n) is 2.24. The second kappa shape index (κ2) is 8.84. The average Bonchev–Trinajstić information content (AvgIpc) is 2.61. The van der Waals surface area contributed by atoms with E-state index in [4.69, 9.17) is 0 Å². The summed E-state index contributed by atoms with van der Waals surface area (Å²) in [6.07, 6.45) is 0.397. The van der Waals surface area contributed by atoms with Crippen molar-refractivity contribution >= 4 is 23.2 Å². The van der Waals surface area contributed by atoms with Crippen molar-refractivity contribution in [2.45, 2.75) is 26.8 Å². The van der Waals surface area contributed by atoms with Crippen molar-refractivity contribution in [2.75, 3.05) is 17.2 Å². The molecule has 0 bridgehead atoms. The number of para-hydroxylation sites is 1. The lowest BCUT2D eigenvalue weighted by Crippen LogP contribution is -2.17. The van der Waals surface area contributed by atoms with Crippen molar-refractivity contribution < 1.29 is 9.59 Å². The standard InChI is InChI=1S/C19H23N3O2/c1-3-18(23)21-16-10-7-9-14(12-16)19(24)22-17-11-6-5-8-15(17)13-20-4-2/h5-12,20H,3-4,13H2,1-2H3,(H,21,23)(H,22,24). The van der Waals surface area contributed by atoms with E-state index in [1.807, 2.05) is 31.2 Å². The second-order valence-corrected chi connectivity index (χ2v) is 5.37. The molecule has 0 saturated heterocycles. The van der Waals surface area contributed by atoms with Crippen LogP contribution in [0.15, 0.2) is 48.5 Å². The third-order valence-electron chi connectivity index (χ3n) is 3.56. The summed E-state index contributed by atoms with van der Waals surface area (Å²) < 4.78 is 0. The maximum Gasteiger partial charge on any atom is 0.255 e. The highest BCUT2D eigenvalue weighted by Gasteiger charge is 2.10. The lowest BCUT2D eigenvalue weighted by atomic mass is 10.1. The molecule has 5 heteroatoms. The zero-order valence-corrected chi connectivity index (χ0v) is 14.1. The summed E-state index contributed by atoms with van der Waals surface area (Å²) in [7, 11) is 0. The first-order valence-corrected chi connectivity index (χ1v) is 8.14. The van der Waals surface area contributed by atoms with Crippen LogP contribution in [0.4, 0.5) is 11.4 Å². The maximum absolute atomic E-state index is 12.5. The lowest BCUT2D eigenvalue weighted by Gasteiger charge is -2.12. The quantitative estimate of drug-likeness (QED) is 0.731. The van der Waals surface area contributed by atoms with E-state index in [1.165, 1.54) is 0 Å². The highest BCUT2D eigenvalue weighted by atomic mass is 16.2. The number of carbonyl (C=O) groups excluding carboxylic acids is 2. The molecular weight excluding hydrogens is 302 g/mol. The molecule has 0 heterocycles. The highest BCUT2D eigenvalue weighted by Crippen LogP contribution is 2.17. The maximum atomic E-state index is 12.5. The van der Waals surface area contributed by atoms with Crippen LogP contribution in [0.1, 0.15) is 36.2 Å². The first-order chi connectivity index (χ1) is 11.6. The zero-order valence-electron chi connectivity index (χ0n) is 14.1. The Bertz CT molecular complexity index is 713. The van der Waals surface area contributed by atoms with Gasteiger partial charge in [0.2, 0.25) is 5.91 Å². The predicted octanol–water partition coefficient (Wildman–Crippen LogP) is 3.40. The fraction of sp³-hybridized carbons (Fsp3) is 0.263. The van der Waals surface area contributed by atoms with Gasteiger partial charge < -0.3 is 16.0 Å². The third kappa shape index (κ3) is 4.93. The van der Waals surface area contributed by atoms with E-state index in [-0.39, 0.29) is 11.8 Å².